The number of amidine groups is 1. The van der Waals surface area contributed by atoms with E-state index in [9.17, 15) is 0 Å². The van der Waals surface area contributed by atoms with E-state index < -0.39 is 0 Å². The van der Waals surface area contributed by atoms with Crippen LogP contribution < -0.4 is 5.32 Å². The molecule has 0 atom stereocenters. The minimum absolute atomic E-state index is 0.225. The summed E-state index contributed by atoms with van der Waals surface area (Å²) in [7, 11) is 0. The standard InChI is InChI=1S/C14H16ClIN2S/c15-10-4-5-12(11(16)8-10)17-13-18-14(9-19-13)6-2-1-3-7-14/h4-5,8H,1-3,6-7,9H2,(H,17,18). The average Bonchev–Trinajstić information content (AvgIpc) is 2.77. The van der Waals surface area contributed by atoms with Crippen molar-refractivity contribution in [3.8, 4) is 0 Å². The topological polar surface area (TPSA) is 24.4 Å². The van der Waals surface area contributed by atoms with Crippen LogP contribution in [-0.2, 0) is 0 Å². The van der Waals surface area contributed by atoms with E-state index in [0.29, 0.717) is 0 Å². The summed E-state index contributed by atoms with van der Waals surface area (Å²) in [4.78, 5) is 4.97. The molecule has 1 aromatic carbocycles. The van der Waals surface area contributed by atoms with Crippen LogP contribution in [0.25, 0.3) is 0 Å². The molecule has 102 valence electrons. The zero-order chi connectivity index (χ0) is 13.3. The van der Waals surface area contributed by atoms with Crippen molar-refractivity contribution in [1.29, 1.82) is 0 Å². The lowest BCUT2D eigenvalue weighted by molar-refractivity contribution is 0.335. The second-order valence-corrected chi connectivity index (χ2v) is 7.80. The minimum Gasteiger partial charge on any atom is -0.334 e. The smallest absolute Gasteiger partial charge is 0.161 e. The molecule has 3 rings (SSSR count). The van der Waals surface area contributed by atoms with E-state index >= 15 is 0 Å². The molecule has 0 saturated heterocycles. The molecule has 0 unspecified atom stereocenters. The molecule has 1 saturated carbocycles. The summed E-state index contributed by atoms with van der Waals surface area (Å²) in [5.41, 5.74) is 1.33. The van der Waals surface area contributed by atoms with Gasteiger partial charge >= 0.3 is 0 Å². The molecular formula is C14H16ClIN2S. The number of nitrogens with zero attached hydrogens (tertiary/aromatic N) is 1. The van der Waals surface area contributed by atoms with Crippen LogP contribution >= 0.6 is 46.0 Å². The van der Waals surface area contributed by atoms with Gasteiger partial charge in [-0.05, 0) is 53.6 Å². The summed E-state index contributed by atoms with van der Waals surface area (Å²) < 4.78 is 1.14. The van der Waals surface area contributed by atoms with E-state index in [1.54, 1.807) is 0 Å². The molecule has 1 heterocycles. The molecule has 0 radical (unpaired) electrons. The Kier molecular flexibility index (Phi) is 4.29. The van der Waals surface area contributed by atoms with Crippen molar-refractivity contribution in [1.82, 2.24) is 0 Å². The summed E-state index contributed by atoms with van der Waals surface area (Å²) in [6.45, 7) is 0. The fourth-order valence-electron chi connectivity index (χ4n) is 2.72. The summed E-state index contributed by atoms with van der Waals surface area (Å²) in [6, 6.07) is 5.92. The third-order valence-electron chi connectivity index (χ3n) is 3.77. The van der Waals surface area contributed by atoms with E-state index in [4.69, 9.17) is 16.6 Å². The van der Waals surface area contributed by atoms with Gasteiger partial charge in [0.1, 0.15) is 0 Å². The van der Waals surface area contributed by atoms with Gasteiger partial charge in [-0.2, -0.15) is 0 Å². The van der Waals surface area contributed by atoms with Crippen LogP contribution in [0.3, 0.4) is 0 Å². The number of aliphatic imine (C=N–C) groups is 1. The molecule has 0 aromatic heterocycles. The molecule has 2 aliphatic rings. The Bertz CT molecular complexity index is 512. The van der Waals surface area contributed by atoms with E-state index in [-0.39, 0.29) is 5.54 Å². The van der Waals surface area contributed by atoms with Gasteiger partial charge in [0.05, 0.1) is 11.2 Å². The average molecular weight is 407 g/mol. The Labute approximate surface area is 136 Å². The van der Waals surface area contributed by atoms with Gasteiger partial charge in [0, 0.05) is 14.3 Å². The Balaban J connectivity index is 1.75. The number of benzene rings is 1. The number of halogens is 2. The van der Waals surface area contributed by atoms with Crippen molar-refractivity contribution in [3.05, 3.63) is 26.8 Å². The summed E-state index contributed by atoms with van der Waals surface area (Å²) in [6.07, 6.45) is 6.54. The van der Waals surface area contributed by atoms with Crippen molar-refractivity contribution in [2.24, 2.45) is 4.99 Å². The van der Waals surface area contributed by atoms with E-state index in [2.05, 4.69) is 27.9 Å². The highest BCUT2D eigenvalue weighted by molar-refractivity contribution is 14.1. The van der Waals surface area contributed by atoms with Crippen LogP contribution in [0.4, 0.5) is 5.69 Å². The molecule has 0 amide bonds. The molecule has 1 aliphatic carbocycles. The number of rotatable bonds is 1. The molecule has 1 fully saturated rings. The highest BCUT2D eigenvalue weighted by atomic mass is 127. The number of anilines is 1. The summed E-state index contributed by atoms with van der Waals surface area (Å²) >= 11 is 10.1. The second-order valence-electron chi connectivity index (χ2n) is 5.24. The lowest BCUT2D eigenvalue weighted by Gasteiger charge is -2.29. The highest BCUT2D eigenvalue weighted by Gasteiger charge is 2.36. The van der Waals surface area contributed by atoms with Gasteiger partial charge in [-0.15, -0.1) is 0 Å². The first-order valence-electron chi connectivity index (χ1n) is 6.62. The molecule has 1 N–H and O–H groups in total. The fraction of sp³-hybridized carbons (Fsp3) is 0.500. The number of hydrogen-bond donors (Lipinski definition) is 1. The van der Waals surface area contributed by atoms with Gasteiger partial charge in [0.25, 0.3) is 0 Å². The van der Waals surface area contributed by atoms with Gasteiger partial charge in [-0.25, -0.2) is 0 Å². The first-order chi connectivity index (χ1) is 9.17. The van der Waals surface area contributed by atoms with Gasteiger partial charge in [0.15, 0.2) is 5.17 Å². The maximum absolute atomic E-state index is 5.98. The Morgan fingerprint density at radius 2 is 2.05 bits per heavy atom. The van der Waals surface area contributed by atoms with E-state index in [1.807, 2.05) is 30.0 Å². The Hall–Kier alpha value is 0.0600. The fourth-order valence-corrected chi connectivity index (χ4v) is 4.92. The first-order valence-corrected chi connectivity index (χ1v) is 9.06. The van der Waals surface area contributed by atoms with Crippen LogP contribution in [0.15, 0.2) is 23.2 Å². The van der Waals surface area contributed by atoms with Crippen LogP contribution in [0.2, 0.25) is 5.02 Å². The molecule has 1 aliphatic heterocycles. The van der Waals surface area contributed by atoms with Crippen molar-refractivity contribution in [2.45, 2.75) is 37.6 Å². The molecule has 2 nitrogen and oxygen atoms in total. The number of thioether (sulfide) groups is 1. The lowest BCUT2D eigenvalue weighted by atomic mass is 9.84. The maximum Gasteiger partial charge on any atom is 0.161 e. The zero-order valence-electron chi connectivity index (χ0n) is 10.6. The van der Waals surface area contributed by atoms with Crippen LogP contribution in [0.5, 0.6) is 0 Å². The summed E-state index contributed by atoms with van der Waals surface area (Å²) in [5, 5.41) is 5.30. The van der Waals surface area contributed by atoms with Crippen LogP contribution in [0.1, 0.15) is 32.1 Å². The molecule has 5 heteroatoms. The second kappa shape index (κ2) is 5.82. The monoisotopic (exact) mass is 406 g/mol. The van der Waals surface area contributed by atoms with Crippen molar-refractivity contribution in [2.75, 3.05) is 11.1 Å². The predicted molar refractivity (Wildman–Crippen MR) is 93.5 cm³/mol. The van der Waals surface area contributed by atoms with Crippen LogP contribution in [-0.4, -0.2) is 16.5 Å². The normalized spacial score (nSPS) is 21.5. The number of hydrogen-bond acceptors (Lipinski definition) is 3. The molecule has 19 heavy (non-hydrogen) atoms. The van der Waals surface area contributed by atoms with E-state index in [0.717, 1.165) is 25.2 Å². The number of nitrogens with one attached hydrogen (secondary N) is 1. The van der Waals surface area contributed by atoms with Crippen molar-refractivity contribution in [3.63, 3.8) is 0 Å². The Morgan fingerprint density at radius 3 is 2.79 bits per heavy atom. The van der Waals surface area contributed by atoms with Gasteiger partial charge < -0.3 is 5.32 Å². The highest BCUT2D eigenvalue weighted by Crippen LogP contribution is 2.40. The van der Waals surface area contributed by atoms with Gasteiger partial charge in [0.2, 0.25) is 0 Å². The largest absolute Gasteiger partial charge is 0.334 e. The van der Waals surface area contributed by atoms with Gasteiger partial charge in [-0.1, -0.05) is 42.6 Å². The molecule has 1 aromatic rings. The Morgan fingerprint density at radius 1 is 1.26 bits per heavy atom. The van der Waals surface area contributed by atoms with Crippen LogP contribution in [0, 0.1) is 3.57 Å². The lowest BCUT2D eigenvalue weighted by Crippen LogP contribution is -2.29. The zero-order valence-corrected chi connectivity index (χ0v) is 14.3. The molecule has 1 spiro atoms. The third kappa shape index (κ3) is 3.22. The quantitative estimate of drug-likeness (QED) is 0.651. The molecular weight excluding hydrogens is 391 g/mol. The van der Waals surface area contributed by atoms with Gasteiger partial charge in [-0.3, -0.25) is 4.99 Å². The van der Waals surface area contributed by atoms with Crippen molar-refractivity contribution < 1.29 is 0 Å². The predicted octanol–water partition coefficient (Wildman–Crippen LogP) is 5.16. The first kappa shape index (κ1) is 14.0. The summed E-state index contributed by atoms with van der Waals surface area (Å²) in [5.74, 6) is 1.14. The minimum atomic E-state index is 0.225. The van der Waals surface area contributed by atoms with Crippen molar-refractivity contribution >= 4 is 56.8 Å². The third-order valence-corrected chi connectivity index (χ3v) is 6.05. The SMILES string of the molecule is Clc1ccc(NC2=NC3(CCCCC3)CS2)c(I)c1. The van der Waals surface area contributed by atoms with E-state index in [1.165, 1.54) is 32.1 Å². The maximum atomic E-state index is 5.98. The molecule has 0 bridgehead atoms.